The highest BCUT2D eigenvalue weighted by atomic mass is 19.4. The van der Waals surface area contributed by atoms with Gasteiger partial charge < -0.3 is 15.4 Å². The number of amides is 2. The van der Waals surface area contributed by atoms with E-state index in [0.717, 1.165) is 25.6 Å². The minimum absolute atomic E-state index is 0.0354. The van der Waals surface area contributed by atoms with Crippen molar-refractivity contribution in [2.45, 2.75) is 58.3 Å². The van der Waals surface area contributed by atoms with Gasteiger partial charge in [-0.3, -0.25) is 0 Å². The molecule has 0 saturated heterocycles. The normalized spacial score (nSPS) is 13.9. The Bertz CT molecular complexity index is 526. The summed E-state index contributed by atoms with van der Waals surface area (Å²) in [5.74, 6) is -0.192. The van der Waals surface area contributed by atoms with Crippen LogP contribution < -0.4 is 15.4 Å². The number of urea groups is 1. The number of halogens is 3. The first-order chi connectivity index (χ1) is 11.2. The second-order valence-electron chi connectivity index (χ2n) is 5.57. The van der Waals surface area contributed by atoms with Crippen LogP contribution >= 0.6 is 0 Å². The molecule has 0 aliphatic rings. The van der Waals surface area contributed by atoms with Crippen LogP contribution in [0, 0.1) is 0 Å². The van der Waals surface area contributed by atoms with E-state index in [9.17, 15) is 18.0 Å². The molecule has 1 rings (SSSR count). The number of nitrogens with one attached hydrogen (secondary N) is 2. The van der Waals surface area contributed by atoms with Crippen LogP contribution in [-0.2, 0) is 0 Å². The molecule has 2 atom stereocenters. The molecule has 1 aromatic heterocycles. The van der Waals surface area contributed by atoms with Crippen LogP contribution in [0.2, 0.25) is 0 Å². The van der Waals surface area contributed by atoms with E-state index in [-0.39, 0.29) is 18.0 Å². The highest BCUT2D eigenvalue weighted by molar-refractivity contribution is 5.74. The summed E-state index contributed by atoms with van der Waals surface area (Å²) in [5, 5.41) is 5.49. The van der Waals surface area contributed by atoms with E-state index < -0.39 is 18.8 Å². The Hall–Kier alpha value is -2.06. The fourth-order valence-corrected chi connectivity index (χ4v) is 1.94. The Labute approximate surface area is 139 Å². The highest BCUT2D eigenvalue weighted by Crippen LogP contribution is 2.18. The molecule has 0 aliphatic heterocycles. The molecule has 0 bridgehead atoms. The molecule has 2 unspecified atom stereocenters. The molecule has 2 amide bonds. The van der Waals surface area contributed by atoms with E-state index >= 15 is 0 Å². The summed E-state index contributed by atoms with van der Waals surface area (Å²) in [5.41, 5.74) is 0.360. The van der Waals surface area contributed by atoms with Crippen molar-refractivity contribution in [3.8, 4) is 5.88 Å². The minimum Gasteiger partial charge on any atom is -0.468 e. The number of unbranched alkanes of at least 4 members (excludes halogenated alkanes) is 1. The first-order valence-electron chi connectivity index (χ1n) is 7.79. The third-order valence-corrected chi connectivity index (χ3v) is 3.21. The van der Waals surface area contributed by atoms with Gasteiger partial charge >= 0.3 is 12.2 Å². The van der Waals surface area contributed by atoms with Gasteiger partial charge in [0.25, 0.3) is 0 Å². The second-order valence-corrected chi connectivity index (χ2v) is 5.57. The summed E-state index contributed by atoms with van der Waals surface area (Å²) in [6.45, 7) is 4.23. The summed E-state index contributed by atoms with van der Waals surface area (Å²) in [4.78, 5) is 19.5. The van der Waals surface area contributed by atoms with Gasteiger partial charge in [-0.1, -0.05) is 19.8 Å². The zero-order chi connectivity index (χ0) is 18.2. The molecule has 2 N–H and O–H groups in total. The highest BCUT2D eigenvalue weighted by Gasteiger charge is 2.28. The van der Waals surface area contributed by atoms with E-state index in [1.807, 2.05) is 6.92 Å². The topological polar surface area (TPSA) is 76.1 Å². The summed E-state index contributed by atoms with van der Waals surface area (Å²) < 4.78 is 41.0. The second kappa shape index (κ2) is 9.29. The van der Waals surface area contributed by atoms with E-state index in [1.165, 1.54) is 6.07 Å². The van der Waals surface area contributed by atoms with Crippen LogP contribution in [0.1, 0.15) is 51.8 Å². The van der Waals surface area contributed by atoms with Gasteiger partial charge in [0, 0.05) is 12.1 Å². The summed E-state index contributed by atoms with van der Waals surface area (Å²) in [6.07, 6.45) is -0.403. The monoisotopic (exact) mass is 348 g/mol. The Morgan fingerprint density at radius 2 is 2.00 bits per heavy atom. The quantitative estimate of drug-likeness (QED) is 0.755. The van der Waals surface area contributed by atoms with Crippen molar-refractivity contribution in [3.05, 3.63) is 18.1 Å². The van der Waals surface area contributed by atoms with Crippen LogP contribution in [-0.4, -0.2) is 34.8 Å². The summed E-state index contributed by atoms with van der Waals surface area (Å²) >= 11 is 0. The number of rotatable bonds is 8. The molecule has 0 aliphatic carbocycles. The largest absolute Gasteiger partial charge is 0.468 e. The average Bonchev–Trinajstić information content (AvgIpc) is 2.50. The zero-order valence-electron chi connectivity index (χ0n) is 14.0. The maximum absolute atomic E-state index is 12.1. The first-order valence-corrected chi connectivity index (χ1v) is 7.79. The number of alkyl halides is 3. The van der Waals surface area contributed by atoms with E-state index in [0.29, 0.717) is 5.69 Å². The van der Waals surface area contributed by atoms with E-state index in [4.69, 9.17) is 0 Å². The molecule has 0 saturated carbocycles. The molecule has 136 valence electrons. The Morgan fingerprint density at radius 3 is 2.62 bits per heavy atom. The van der Waals surface area contributed by atoms with Crippen LogP contribution in [0.5, 0.6) is 5.88 Å². The maximum Gasteiger partial charge on any atom is 0.422 e. The fourth-order valence-electron chi connectivity index (χ4n) is 1.94. The van der Waals surface area contributed by atoms with Gasteiger partial charge in [-0.05, 0) is 20.3 Å². The molecule has 1 heterocycles. The van der Waals surface area contributed by atoms with Crippen molar-refractivity contribution in [1.82, 2.24) is 20.6 Å². The number of carbonyl (C=O) groups is 1. The van der Waals surface area contributed by atoms with E-state index in [2.05, 4.69) is 32.3 Å². The van der Waals surface area contributed by atoms with Crippen LogP contribution in [0.25, 0.3) is 0 Å². The standard InChI is InChI=1S/C15H23F3N4O2/c1-4-5-6-10(2)21-14(23)22-11(3)12-7-13(20-9-19-12)24-8-15(16,17)18/h7,9-11H,4-6,8H2,1-3H3,(H2,21,22,23). The van der Waals surface area contributed by atoms with Crippen molar-refractivity contribution in [3.63, 3.8) is 0 Å². The zero-order valence-corrected chi connectivity index (χ0v) is 14.0. The number of carbonyl (C=O) groups excluding carboxylic acids is 1. The SMILES string of the molecule is CCCCC(C)NC(=O)NC(C)c1cc(OCC(F)(F)F)ncn1. The first kappa shape index (κ1) is 20.0. The Morgan fingerprint density at radius 1 is 1.29 bits per heavy atom. The minimum atomic E-state index is -4.44. The predicted octanol–water partition coefficient (Wildman–Crippen LogP) is 3.36. The number of hydrogen-bond donors (Lipinski definition) is 2. The number of nitrogens with zero attached hydrogens (tertiary/aromatic N) is 2. The van der Waals surface area contributed by atoms with Crippen molar-refractivity contribution in [1.29, 1.82) is 0 Å². The third kappa shape index (κ3) is 7.98. The van der Waals surface area contributed by atoms with Gasteiger partial charge in [-0.15, -0.1) is 0 Å². The van der Waals surface area contributed by atoms with Gasteiger partial charge in [0.05, 0.1) is 11.7 Å². The molecule has 24 heavy (non-hydrogen) atoms. The molecule has 1 aromatic rings. The van der Waals surface area contributed by atoms with Crippen molar-refractivity contribution >= 4 is 6.03 Å². The fraction of sp³-hybridized carbons (Fsp3) is 0.667. The lowest BCUT2D eigenvalue weighted by molar-refractivity contribution is -0.154. The number of ether oxygens (including phenoxy) is 1. The predicted molar refractivity (Wildman–Crippen MR) is 82.7 cm³/mol. The molecule has 9 heteroatoms. The number of aromatic nitrogens is 2. The number of hydrogen-bond acceptors (Lipinski definition) is 4. The van der Waals surface area contributed by atoms with Crippen LogP contribution in [0.15, 0.2) is 12.4 Å². The lowest BCUT2D eigenvalue weighted by Crippen LogP contribution is -2.41. The molecule has 0 radical (unpaired) electrons. The van der Waals surface area contributed by atoms with Crippen molar-refractivity contribution in [2.24, 2.45) is 0 Å². The molecule has 0 fully saturated rings. The van der Waals surface area contributed by atoms with Crippen LogP contribution in [0.4, 0.5) is 18.0 Å². The Kier molecular flexibility index (Phi) is 7.73. The smallest absolute Gasteiger partial charge is 0.422 e. The molecule has 0 spiro atoms. The van der Waals surface area contributed by atoms with Gasteiger partial charge in [0.15, 0.2) is 6.61 Å². The lowest BCUT2D eigenvalue weighted by atomic mass is 10.1. The molecule has 6 nitrogen and oxygen atoms in total. The maximum atomic E-state index is 12.1. The van der Waals surface area contributed by atoms with Gasteiger partial charge in [-0.25, -0.2) is 14.8 Å². The third-order valence-electron chi connectivity index (χ3n) is 3.21. The Balaban J connectivity index is 2.55. The van der Waals surface area contributed by atoms with Gasteiger partial charge in [-0.2, -0.15) is 13.2 Å². The summed E-state index contributed by atoms with van der Waals surface area (Å²) in [7, 11) is 0. The summed E-state index contributed by atoms with van der Waals surface area (Å²) in [6, 6.07) is 0.451. The van der Waals surface area contributed by atoms with Crippen LogP contribution in [0.3, 0.4) is 0 Å². The van der Waals surface area contributed by atoms with E-state index in [1.54, 1.807) is 6.92 Å². The van der Waals surface area contributed by atoms with Crippen molar-refractivity contribution < 1.29 is 22.7 Å². The molecular formula is C15H23F3N4O2. The molecule has 0 aromatic carbocycles. The van der Waals surface area contributed by atoms with Crippen molar-refractivity contribution in [2.75, 3.05) is 6.61 Å². The van der Waals surface area contributed by atoms with Gasteiger partial charge in [0.2, 0.25) is 5.88 Å². The average molecular weight is 348 g/mol. The molecular weight excluding hydrogens is 325 g/mol. The lowest BCUT2D eigenvalue weighted by Gasteiger charge is -2.18. The van der Waals surface area contributed by atoms with Gasteiger partial charge in [0.1, 0.15) is 6.33 Å².